The molecule has 10 heteroatoms. The topological polar surface area (TPSA) is 108 Å². The number of anilines is 1. The van der Waals surface area contributed by atoms with E-state index >= 15 is 0 Å². The van der Waals surface area contributed by atoms with Gasteiger partial charge in [0.2, 0.25) is 0 Å². The number of non-ortho nitro benzene ring substituents is 1. The van der Waals surface area contributed by atoms with Gasteiger partial charge in [0.15, 0.2) is 18.2 Å². The van der Waals surface area contributed by atoms with Crippen LogP contribution < -0.4 is 10.1 Å². The third kappa shape index (κ3) is 5.46. The Morgan fingerprint density at radius 3 is 2.52 bits per heavy atom. The van der Waals surface area contributed by atoms with Gasteiger partial charge in [-0.1, -0.05) is 6.07 Å². The zero-order chi connectivity index (χ0) is 20.0. The van der Waals surface area contributed by atoms with Gasteiger partial charge in [-0.3, -0.25) is 19.7 Å². The van der Waals surface area contributed by atoms with Crippen LogP contribution in [0.1, 0.15) is 5.56 Å². The van der Waals surface area contributed by atoms with Crippen molar-refractivity contribution >= 4 is 23.3 Å². The summed E-state index contributed by atoms with van der Waals surface area (Å²) in [4.78, 5) is 33.4. The Morgan fingerprint density at radius 2 is 1.89 bits per heavy atom. The van der Waals surface area contributed by atoms with Crippen LogP contribution in [0.15, 0.2) is 36.4 Å². The summed E-state index contributed by atoms with van der Waals surface area (Å²) in [6.45, 7) is -0.737. The fraction of sp³-hybridized carbons (Fsp3) is 0.176. The highest BCUT2D eigenvalue weighted by atomic mass is 19.1. The molecule has 0 spiro atoms. The summed E-state index contributed by atoms with van der Waals surface area (Å²) in [5.41, 5.74) is -0.517. The number of amides is 1. The number of carbonyl (C=O) groups excluding carboxylic acids is 2. The Kier molecular flexibility index (Phi) is 6.36. The van der Waals surface area contributed by atoms with E-state index in [1.165, 1.54) is 19.2 Å². The SMILES string of the molecule is COc1ccc(CC(=O)OCC(=O)Nc2cc([N+](=O)[O-])ccc2F)cc1F. The third-order valence-corrected chi connectivity index (χ3v) is 3.36. The van der Waals surface area contributed by atoms with Gasteiger partial charge in [-0.25, -0.2) is 8.78 Å². The summed E-state index contributed by atoms with van der Waals surface area (Å²) >= 11 is 0. The molecular formula is C17H14F2N2O6. The highest BCUT2D eigenvalue weighted by Gasteiger charge is 2.15. The lowest BCUT2D eigenvalue weighted by Crippen LogP contribution is -2.22. The molecule has 0 atom stereocenters. The van der Waals surface area contributed by atoms with Gasteiger partial charge in [0.1, 0.15) is 5.82 Å². The predicted molar refractivity (Wildman–Crippen MR) is 89.3 cm³/mol. The number of methoxy groups -OCH3 is 1. The molecule has 0 aliphatic heterocycles. The van der Waals surface area contributed by atoms with E-state index in [4.69, 9.17) is 9.47 Å². The average Bonchev–Trinajstić information content (AvgIpc) is 2.62. The normalized spacial score (nSPS) is 10.2. The molecule has 0 saturated carbocycles. The summed E-state index contributed by atoms with van der Waals surface area (Å²) in [6.07, 6.45) is -0.292. The smallest absolute Gasteiger partial charge is 0.310 e. The lowest BCUT2D eigenvalue weighted by Gasteiger charge is -2.08. The lowest BCUT2D eigenvalue weighted by molar-refractivity contribution is -0.384. The van der Waals surface area contributed by atoms with E-state index in [1.54, 1.807) is 0 Å². The monoisotopic (exact) mass is 380 g/mol. The Morgan fingerprint density at radius 1 is 1.15 bits per heavy atom. The molecule has 0 aliphatic rings. The van der Waals surface area contributed by atoms with Crippen molar-refractivity contribution in [3.63, 3.8) is 0 Å². The van der Waals surface area contributed by atoms with Crippen molar-refractivity contribution in [2.24, 2.45) is 0 Å². The number of ether oxygens (including phenoxy) is 2. The van der Waals surface area contributed by atoms with Crippen molar-refractivity contribution in [1.29, 1.82) is 0 Å². The van der Waals surface area contributed by atoms with Crippen LogP contribution in [0.25, 0.3) is 0 Å². The molecule has 0 aromatic heterocycles. The molecule has 0 heterocycles. The van der Waals surface area contributed by atoms with E-state index in [0.29, 0.717) is 5.56 Å². The fourth-order valence-electron chi connectivity index (χ4n) is 2.09. The molecule has 0 aliphatic carbocycles. The molecule has 8 nitrogen and oxygen atoms in total. The van der Waals surface area contributed by atoms with Gasteiger partial charge in [-0.05, 0) is 23.8 Å². The molecule has 0 fully saturated rings. The molecule has 2 rings (SSSR count). The van der Waals surface area contributed by atoms with Gasteiger partial charge in [0.05, 0.1) is 24.1 Å². The average molecular weight is 380 g/mol. The van der Waals surface area contributed by atoms with Crippen molar-refractivity contribution < 1.29 is 32.8 Å². The Hall–Kier alpha value is -3.56. The molecule has 0 unspecified atom stereocenters. The van der Waals surface area contributed by atoms with Crippen LogP contribution in [0.3, 0.4) is 0 Å². The van der Waals surface area contributed by atoms with E-state index in [-0.39, 0.29) is 12.2 Å². The quantitative estimate of drug-likeness (QED) is 0.449. The van der Waals surface area contributed by atoms with Crippen LogP contribution in [-0.4, -0.2) is 30.5 Å². The zero-order valence-corrected chi connectivity index (χ0v) is 14.0. The molecule has 2 aromatic carbocycles. The number of carbonyl (C=O) groups is 2. The summed E-state index contributed by atoms with van der Waals surface area (Å²) in [5.74, 6) is -3.21. The van der Waals surface area contributed by atoms with E-state index in [0.717, 1.165) is 24.3 Å². The maximum absolute atomic E-state index is 13.6. The Bertz CT molecular complexity index is 888. The van der Waals surface area contributed by atoms with E-state index in [1.807, 2.05) is 0 Å². The van der Waals surface area contributed by atoms with E-state index in [9.17, 15) is 28.5 Å². The van der Waals surface area contributed by atoms with Crippen LogP contribution in [0.2, 0.25) is 0 Å². The van der Waals surface area contributed by atoms with Gasteiger partial charge >= 0.3 is 5.97 Å². The van der Waals surface area contributed by atoms with Crippen molar-refractivity contribution in [1.82, 2.24) is 0 Å². The number of nitro groups is 1. The number of nitro benzene ring substituents is 1. The van der Waals surface area contributed by atoms with Crippen molar-refractivity contribution in [2.45, 2.75) is 6.42 Å². The van der Waals surface area contributed by atoms with Crippen LogP contribution in [0, 0.1) is 21.7 Å². The maximum Gasteiger partial charge on any atom is 0.310 e. The molecule has 1 N–H and O–H groups in total. The number of esters is 1. The molecule has 1 amide bonds. The van der Waals surface area contributed by atoms with Crippen LogP contribution in [-0.2, 0) is 20.7 Å². The number of rotatable bonds is 7. The minimum Gasteiger partial charge on any atom is -0.494 e. The van der Waals surface area contributed by atoms with Crippen LogP contribution in [0.4, 0.5) is 20.2 Å². The van der Waals surface area contributed by atoms with Gasteiger partial charge in [0.25, 0.3) is 11.6 Å². The minimum absolute atomic E-state index is 0.0190. The van der Waals surface area contributed by atoms with Gasteiger partial charge in [-0.2, -0.15) is 0 Å². The second-order valence-corrected chi connectivity index (χ2v) is 5.28. The number of benzene rings is 2. The number of hydrogen-bond acceptors (Lipinski definition) is 6. The molecule has 27 heavy (non-hydrogen) atoms. The second kappa shape index (κ2) is 8.70. The number of halogens is 2. The maximum atomic E-state index is 13.6. The number of nitrogens with one attached hydrogen (secondary N) is 1. The molecule has 142 valence electrons. The van der Waals surface area contributed by atoms with Crippen LogP contribution in [0.5, 0.6) is 5.75 Å². The standard InChI is InChI=1S/C17H14F2N2O6/c1-26-15-5-2-10(6-13(15)19)7-17(23)27-9-16(22)20-14-8-11(21(24)25)3-4-12(14)18/h2-6,8H,7,9H2,1H3,(H,20,22). The van der Waals surface area contributed by atoms with Gasteiger partial charge < -0.3 is 14.8 Å². The highest BCUT2D eigenvalue weighted by Crippen LogP contribution is 2.21. The van der Waals surface area contributed by atoms with Crippen molar-refractivity contribution in [3.8, 4) is 5.75 Å². The first kappa shape index (κ1) is 19.8. The highest BCUT2D eigenvalue weighted by molar-refractivity contribution is 5.93. The Labute approximate surface area is 151 Å². The first-order chi connectivity index (χ1) is 12.8. The zero-order valence-electron chi connectivity index (χ0n) is 14.0. The van der Waals surface area contributed by atoms with Crippen molar-refractivity contribution in [2.75, 3.05) is 19.0 Å². The summed E-state index contributed by atoms with van der Waals surface area (Å²) in [7, 11) is 1.30. The first-order valence-electron chi connectivity index (χ1n) is 7.52. The number of hydrogen-bond donors (Lipinski definition) is 1. The molecular weight excluding hydrogens is 366 g/mol. The molecule has 2 aromatic rings. The first-order valence-corrected chi connectivity index (χ1v) is 7.52. The summed E-state index contributed by atoms with van der Waals surface area (Å²) in [6, 6.07) is 6.52. The number of nitrogens with zero attached hydrogens (tertiary/aromatic N) is 1. The van der Waals surface area contributed by atoms with Crippen LogP contribution >= 0.6 is 0 Å². The van der Waals surface area contributed by atoms with E-state index in [2.05, 4.69) is 5.32 Å². The lowest BCUT2D eigenvalue weighted by atomic mass is 10.1. The van der Waals surface area contributed by atoms with E-state index < -0.39 is 46.4 Å². The molecule has 0 bridgehead atoms. The molecule has 0 radical (unpaired) electrons. The van der Waals surface area contributed by atoms with Gasteiger partial charge in [-0.15, -0.1) is 0 Å². The molecule has 0 saturated heterocycles. The summed E-state index contributed by atoms with van der Waals surface area (Å²) < 4.78 is 36.6. The Balaban J connectivity index is 1.90. The minimum atomic E-state index is -0.886. The van der Waals surface area contributed by atoms with Crippen molar-refractivity contribution in [3.05, 3.63) is 63.7 Å². The largest absolute Gasteiger partial charge is 0.494 e. The predicted octanol–water partition coefficient (Wildman–Crippen LogP) is 2.61. The third-order valence-electron chi connectivity index (χ3n) is 3.36. The van der Waals surface area contributed by atoms with Gasteiger partial charge in [0, 0.05) is 12.1 Å². The fourth-order valence-corrected chi connectivity index (χ4v) is 2.09. The summed E-state index contributed by atoms with van der Waals surface area (Å²) in [5, 5.41) is 12.7. The second-order valence-electron chi connectivity index (χ2n) is 5.28.